The minimum atomic E-state index is -2.14. The van der Waals surface area contributed by atoms with Crippen LogP contribution in [0, 0.1) is 21.0 Å². The van der Waals surface area contributed by atoms with Gasteiger partial charge in [-0.05, 0) is 0 Å². The van der Waals surface area contributed by atoms with Crippen molar-refractivity contribution in [2.45, 2.75) is 20.8 Å². The molecular formula is C16H17IO2. The summed E-state index contributed by atoms with van der Waals surface area (Å²) >= 11 is -2.14. The second-order valence-electron chi connectivity index (χ2n) is 4.32. The number of carbonyl (C=O) groups is 1. The first-order valence-electron chi connectivity index (χ1n) is 6.10. The van der Waals surface area contributed by atoms with Gasteiger partial charge in [-0.15, -0.1) is 0 Å². The van der Waals surface area contributed by atoms with Crippen LogP contribution in [0.15, 0.2) is 48.5 Å². The summed E-state index contributed by atoms with van der Waals surface area (Å²) in [7, 11) is 0. The molecule has 0 saturated heterocycles. The monoisotopic (exact) mass is 368 g/mol. The van der Waals surface area contributed by atoms with Crippen molar-refractivity contribution in [3.63, 3.8) is 0 Å². The Kier molecular flexibility index (Phi) is 4.58. The second-order valence-corrected chi connectivity index (χ2v) is 8.50. The predicted octanol–water partition coefficient (Wildman–Crippen LogP) is 4.33. The van der Waals surface area contributed by atoms with E-state index in [2.05, 4.69) is 38.1 Å². The Bertz CT molecular complexity index is 547. The van der Waals surface area contributed by atoms with Crippen LogP contribution in [0.25, 0.3) is 0 Å². The summed E-state index contributed by atoms with van der Waals surface area (Å²) in [4.78, 5) is 11.4. The average Bonchev–Trinajstić information content (AvgIpc) is 2.37. The van der Waals surface area contributed by atoms with E-state index in [1.807, 2.05) is 24.3 Å². The van der Waals surface area contributed by atoms with Gasteiger partial charge in [0, 0.05) is 0 Å². The Morgan fingerprint density at radius 2 is 1.32 bits per heavy atom. The summed E-state index contributed by atoms with van der Waals surface area (Å²) in [6, 6.07) is 16.3. The van der Waals surface area contributed by atoms with Crippen molar-refractivity contribution < 1.29 is 7.86 Å². The van der Waals surface area contributed by atoms with Gasteiger partial charge in [0.25, 0.3) is 0 Å². The molecule has 2 rings (SSSR count). The van der Waals surface area contributed by atoms with Gasteiger partial charge in [0.1, 0.15) is 0 Å². The number of rotatable bonds is 3. The number of carbonyl (C=O) groups excluding carboxylic acids is 1. The first-order chi connectivity index (χ1) is 9.09. The third-order valence-electron chi connectivity index (χ3n) is 2.71. The van der Waals surface area contributed by atoms with Gasteiger partial charge in [0.15, 0.2) is 0 Å². The Labute approximate surface area is 121 Å². The van der Waals surface area contributed by atoms with E-state index in [0.717, 1.165) is 0 Å². The van der Waals surface area contributed by atoms with Gasteiger partial charge in [-0.25, -0.2) is 0 Å². The van der Waals surface area contributed by atoms with Crippen molar-refractivity contribution in [3.05, 3.63) is 66.8 Å². The van der Waals surface area contributed by atoms with Crippen molar-refractivity contribution in [2.75, 3.05) is 0 Å². The van der Waals surface area contributed by atoms with E-state index in [4.69, 9.17) is 3.07 Å². The maximum absolute atomic E-state index is 11.4. The number of benzene rings is 2. The van der Waals surface area contributed by atoms with Gasteiger partial charge in [-0.3, -0.25) is 0 Å². The molecule has 0 aromatic heterocycles. The molecule has 0 amide bonds. The third-order valence-corrected chi connectivity index (χ3v) is 8.30. The van der Waals surface area contributed by atoms with Crippen molar-refractivity contribution in [1.82, 2.24) is 0 Å². The van der Waals surface area contributed by atoms with Crippen LogP contribution in [0.1, 0.15) is 18.1 Å². The molecule has 0 aliphatic carbocycles. The zero-order valence-electron chi connectivity index (χ0n) is 11.3. The molecule has 19 heavy (non-hydrogen) atoms. The number of hydrogen-bond donors (Lipinski definition) is 0. The number of hydrogen-bond acceptors (Lipinski definition) is 2. The molecule has 0 spiro atoms. The van der Waals surface area contributed by atoms with Crippen LogP contribution in [-0.4, -0.2) is 5.97 Å². The summed E-state index contributed by atoms with van der Waals surface area (Å²) in [6.07, 6.45) is 0. The second kappa shape index (κ2) is 6.19. The van der Waals surface area contributed by atoms with E-state index < -0.39 is 20.2 Å². The summed E-state index contributed by atoms with van der Waals surface area (Å²) in [5.41, 5.74) is 2.38. The molecule has 2 aromatic carbocycles. The molecule has 0 bridgehead atoms. The van der Waals surface area contributed by atoms with Crippen molar-refractivity contribution in [3.8, 4) is 0 Å². The molecule has 0 N–H and O–H groups in total. The molecule has 0 saturated carbocycles. The van der Waals surface area contributed by atoms with Gasteiger partial charge in [0.2, 0.25) is 0 Å². The Balaban J connectivity index is 2.51. The molecule has 0 radical (unpaired) electrons. The fourth-order valence-corrected chi connectivity index (χ4v) is 6.48. The van der Waals surface area contributed by atoms with E-state index in [9.17, 15) is 4.79 Å². The van der Waals surface area contributed by atoms with Crippen molar-refractivity contribution in [1.29, 1.82) is 0 Å². The van der Waals surface area contributed by atoms with Crippen LogP contribution in [-0.2, 0) is 7.86 Å². The average molecular weight is 368 g/mol. The molecule has 3 heteroatoms. The van der Waals surface area contributed by atoms with Crippen molar-refractivity contribution >= 4 is 26.2 Å². The quantitative estimate of drug-likeness (QED) is 0.754. The molecule has 0 aliphatic rings. The van der Waals surface area contributed by atoms with Gasteiger partial charge in [0.05, 0.1) is 0 Å². The molecule has 0 aliphatic heterocycles. The maximum atomic E-state index is 11.4. The van der Waals surface area contributed by atoms with Gasteiger partial charge in [-0.2, -0.15) is 0 Å². The summed E-state index contributed by atoms with van der Waals surface area (Å²) in [5.74, 6) is -0.197. The van der Waals surface area contributed by atoms with Gasteiger partial charge >= 0.3 is 122 Å². The molecule has 2 nitrogen and oxygen atoms in total. The molecule has 0 unspecified atom stereocenters. The molecule has 0 atom stereocenters. The summed E-state index contributed by atoms with van der Waals surface area (Å²) in [6.45, 7) is 5.63. The number of aryl methyl sites for hydroxylation is 2. The van der Waals surface area contributed by atoms with E-state index in [-0.39, 0.29) is 5.97 Å². The fourth-order valence-electron chi connectivity index (χ4n) is 1.79. The number of halogens is 1. The third kappa shape index (κ3) is 3.35. The van der Waals surface area contributed by atoms with Crippen LogP contribution in [0.5, 0.6) is 0 Å². The molecule has 2 aromatic rings. The van der Waals surface area contributed by atoms with Crippen LogP contribution in [0.2, 0.25) is 0 Å². The van der Waals surface area contributed by atoms with Gasteiger partial charge < -0.3 is 0 Å². The zero-order chi connectivity index (χ0) is 13.8. The molecule has 0 fully saturated rings. The van der Waals surface area contributed by atoms with Crippen molar-refractivity contribution in [2.24, 2.45) is 0 Å². The van der Waals surface area contributed by atoms with Gasteiger partial charge in [-0.1, -0.05) is 0 Å². The predicted molar refractivity (Wildman–Crippen MR) is 85.5 cm³/mol. The first-order valence-corrected chi connectivity index (χ1v) is 9.13. The topological polar surface area (TPSA) is 26.3 Å². The normalized spacial score (nSPS) is 11.0. The Hall–Kier alpha value is -1.36. The SMILES string of the molecule is CC(=O)OI(c1ccccc1C)c1ccccc1C. The Morgan fingerprint density at radius 3 is 1.68 bits per heavy atom. The standard InChI is InChI=1S/C16H17IO2/c1-12-8-4-6-10-15(12)17(19-14(3)18)16-11-7-5-9-13(16)2/h4-11H,1-3H3. The van der Waals surface area contributed by atoms with E-state index in [0.29, 0.717) is 0 Å². The molecule has 0 heterocycles. The molecular weight excluding hydrogens is 351 g/mol. The van der Waals surface area contributed by atoms with E-state index in [1.165, 1.54) is 25.2 Å². The van der Waals surface area contributed by atoms with Crippen LogP contribution in [0.3, 0.4) is 0 Å². The van der Waals surface area contributed by atoms with E-state index >= 15 is 0 Å². The van der Waals surface area contributed by atoms with Crippen LogP contribution < -0.4 is 0 Å². The van der Waals surface area contributed by atoms with Crippen LogP contribution in [0.4, 0.5) is 0 Å². The fraction of sp³-hybridized carbons (Fsp3) is 0.188. The van der Waals surface area contributed by atoms with E-state index in [1.54, 1.807) is 0 Å². The summed E-state index contributed by atoms with van der Waals surface area (Å²) < 4.78 is 8.08. The zero-order valence-corrected chi connectivity index (χ0v) is 13.5. The van der Waals surface area contributed by atoms with Crippen LogP contribution >= 0.6 is 20.2 Å². The first kappa shape index (κ1) is 14.1. The Morgan fingerprint density at radius 1 is 0.895 bits per heavy atom. The minimum absolute atomic E-state index is 0.197. The molecule has 100 valence electrons. The summed E-state index contributed by atoms with van der Waals surface area (Å²) in [5, 5.41) is 0.